The summed E-state index contributed by atoms with van der Waals surface area (Å²) in [5.74, 6) is 0.458. The number of hydrogen-bond donors (Lipinski definition) is 1. The number of fused-ring (bicyclic) bond motifs is 5. The van der Waals surface area contributed by atoms with E-state index in [1.165, 1.54) is 6.07 Å². The highest BCUT2D eigenvalue weighted by atomic mass is 19.3. The quantitative estimate of drug-likeness (QED) is 0.406. The predicted octanol–water partition coefficient (Wildman–Crippen LogP) is 5.49. The molecule has 1 N–H and O–H groups in total. The van der Waals surface area contributed by atoms with Gasteiger partial charge in [0, 0.05) is 23.9 Å². The molecule has 39 heavy (non-hydrogen) atoms. The van der Waals surface area contributed by atoms with Crippen LogP contribution >= 0.6 is 0 Å². The third kappa shape index (κ3) is 4.53. The molecule has 204 valence electrons. The van der Waals surface area contributed by atoms with Crippen molar-refractivity contribution in [2.24, 2.45) is 4.99 Å². The Bertz CT molecular complexity index is 1460. The number of aromatic nitrogens is 2. The highest BCUT2D eigenvalue weighted by Crippen LogP contribution is 2.49. The zero-order chi connectivity index (χ0) is 27.3. The van der Waals surface area contributed by atoms with Crippen LogP contribution < -0.4 is 4.74 Å². The van der Waals surface area contributed by atoms with Crippen LogP contribution in [0.15, 0.2) is 66.1 Å². The van der Waals surface area contributed by atoms with E-state index in [2.05, 4.69) is 11.5 Å². The van der Waals surface area contributed by atoms with Crippen LogP contribution in [0.5, 0.6) is 5.75 Å². The standard InChI is InChI=1S/C30H32F2N4O3/c1-4-19(14-33-18(2)36-21-10-11-22(36)17-38-16-21)20-9-12-26-34-28-27(35(26)15-20)24(13-30(28,3)37)23-7-5-6-8-25(23)39-29(31)32/h4-9,12,14-15,21-22,24,29,37H,2,10-11,13,16-17H2,1,3H3/b19-4+,33-14?/t21-,22+,24-,30-/m1/s1. The van der Waals surface area contributed by atoms with Gasteiger partial charge in [-0.25, -0.2) is 9.98 Å². The molecule has 2 aromatic heterocycles. The SMILES string of the molecule is C=C(N=C/C(=C\C)c1ccc2nc3c(n2c1)[C@@H](c1ccccc1OC(F)F)C[C@@]3(C)O)N1[C@@H]2CC[C@H]1COC2. The van der Waals surface area contributed by atoms with E-state index in [0.717, 1.165) is 35.5 Å². The van der Waals surface area contributed by atoms with Gasteiger partial charge < -0.3 is 23.9 Å². The average molecular weight is 535 g/mol. The molecule has 1 aromatic carbocycles. The lowest BCUT2D eigenvalue weighted by molar-refractivity contribution is -0.0506. The topological polar surface area (TPSA) is 71.6 Å². The molecule has 2 fully saturated rings. The molecule has 0 unspecified atom stereocenters. The number of alkyl halides is 2. The number of para-hydroxylation sites is 1. The second-order valence-corrected chi connectivity index (χ2v) is 10.7. The van der Waals surface area contributed by atoms with E-state index in [4.69, 9.17) is 19.5 Å². The number of nitrogens with zero attached hydrogens (tertiary/aromatic N) is 4. The Morgan fingerprint density at radius 3 is 2.69 bits per heavy atom. The molecule has 1 aliphatic carbocycles. The summed E-state index contributed by atoms with van der Waals surface area (Å²) in [6, 6.07) is 11.3. The number of benzene rings is 1. The van der Waals surface area contributed by atoms with Crippen molar-refractivity contribution in [3.8, 4) is 5.75 Å². The number of aliphatic imine (C=N–C) groups is 1. The van der Waals surface area contributed by atoms with Gasteiger partial charge in [-0.1, -0.05) is 30.9 Å². The third-order valence-corrected chi connectivity index (χ3v) is 8.14. The fourth-order valence-electron chi connectivity index (χ4n) is 6.36. The molecule has 3 aromatic rings. The summed E-state index contributed by atoms with van der Waals surface area (Å²) in [5.41, 5.74) is 3.17. The van der Waals surface area contributed by atoms with Gasteiger partial charge >= 0.3 is 6.61 Å². The monoisotopic (exact) mass is 534 g/mol. The van der Waals surface area contributed by atoms with Gasteiger partial charge in [-0.15, -0.1) is 0 Å². The van der Waals surface area contributed by atoms with Crippen molar-refractivity contribution in [1.82, 2.24) is 14.3 Å². The maximum Gasteiger partial charge on any atom is 0.387 e. The molecular formula is C30H32F2N4O3. The zero-order valence-corrected chi connectivity index (χ0v) is 22.1. The Hall–Kier alpha value is -3.56. The number of allylic oxidation sites excluding steroid dienone is 2. The van der Waals surface area contributed by atoms with Gasteiger partial charge in [-0.2, -0.15) is 8.78 Å². The van der Waals surface area contributed by atoms with Crippen molar-refractivity contribution < 1.29 is 23.4 Å². The predicted molar refractivity (Wildman–Crippen MR) is 145 cm³/mol. The average Bonchev–Trinajstić information content (AvgIpc) is 3.51. The first kappa shape index (κ1) is 25.7. The van der Waals surface area contributed by atoms with E-state index in [1.807, 2.05) is 41.9 Å². The number of morpholine rings is 1. The van der Waals surface area contributed by atoms with Crippen LogP contribution in [0.3, 0.4) is 0 Å². The van der Waals surface area contributed by atoms with E-state index < -0.39 is 12.2 Å². The van der Waals surface area contributed by atoms with Crippen molar-refractivity contribution >= 4 is 17.4 Å². The molecule has 4 atom stereocenters. The van der Waals surface area contributed by atoms with Gasteiger partial charge in [0.1, 0.15) is 22.8 Å². The maximum atomic E-state index is 13.2. The van der Waals surface area contributed by atoms with Crippen molar-refractivity contribution in [2.45, 2.75) is 63.3 Å². The van der Waals surface area contributed by atoms with Crippen LogP contribution in [-0.4, -0.2) is 57.5 Å². The summed E-state index contributed by atoms with van der Waals surface area (Å²) >= 11 is 0. The van der Waals surface area contributed by atoms with Gasteiger partial charge in [0.05, 0.1) is 36.7 Å². The van der Waals surface area contributed by atoms with Gasteiger partial charge in [0.2, 0.25) is 0 Å². The molecule has 2 bridgehead atoms. The first-order valence-corrected chi connectivity index (χ1v) is 13.3. The number of pyridine rings is 1. The minimum absolute atomic E-state index is 0.101. The lowest BCUT2D eigenvalue weighted by Crippen LogP contribution is -2.44. The highest BCUT2D eigenvalue weighted by Gasteiger charge is 2.44. The third-order valence-electron chi connectivity index (χ3n) is 8.14. The molecule has 2 aliphatic heterocycles. The molecule has 7 nitrogen and oxygen atoms in total. The Labute approximate surface area is 226 Å². The Kier molecular flexibility index (Phi) is 6.51. The van der Waals surface area contributed by atoms with Crippen molar-refractivity contribution in [3.05, 3.63) is 83.6 Å². The van der Waals surface area contributed by atoms with Crippen molar-refractivity contribution in [1.29, 1.82) is 0 Å². The maximum absolute atomic E-state index is 13.2. The van der Waals surface area contributed by atoms with Gasteiger partial charge in [-0.3, -0.25) is 0 Å². The first-order valence-electron chi connectivity index (χ1n) is 13.3. The molecule has 0 amide bonds. The van der Waals surface area contributed by atoms with Gasteiger partial charge in [0.15, 0.2) is 0 Å². The van der Waals surface area contributed by atoms with Crippen molar-refractivity contribution in [2.75, 3.05) is 13.2 Å². The van der Waals surface area contributed by atoms with Crippen LogP contribution in [0.2, 0.25) is 0 Å². The Balaban J connectivity index is 1.36. The molecule has 0 radical (unpaired) electrons. The molecule has 3 aliphatic rings. The summed E-state index contributed by atoms with van der Waals surface area (Å²) in [4.78, 5) is 11.7. The normalized spacial score (nSPS) is 26.7. The molecular weight excluding hydrogens is 502 g/mol. The fourth-order valence-corrected chi connectivity index (χ4v) is 6.36. The minimum Gasteiger partial charge on any atom is -0.435 e. The molecule has 6 rings (SSSR count). The number of ether oxygens (including phenoxy) is 2. The number of hydrogen-bond acceptors (Lipinski definition) is 6. The van der Waals surface area contributed by atoms with Crippen LogP contribution in [0.4, 0.5) is 8.78 Å². The smallest absolute Gasteiger partial charge is 0.387 e. The lowest BCUT2D eigenvalue weighted by Gasteiger charge is -2.36. The number of rotatable bonds is 7. The van der Waals surface area contributed by atoms with E-state index in [0.29, 0.717) is 48.6 Å². The second kappa shape index (κ2) is 9.88. The molecule has 9 heteroatoms. The van der Waals surface area contributed by atoms with E-state index >= 15 is 0 Å². The van der Waals surface area contributed by atoms with Gasteiger partial charge in [-0.05, 0) is 62.4 Å². The molecule has 2 saturated heterocycles. The van der Waals surface area contributed by atoms with E-state index in [1.54, 1.807) is 25.1 Å². The fraction of sp³-hybridized carbons (Fsp3) is 0.400. The van der Waals surface area contributed by atoms with Crippen LogP contribution in [0.25, 0.3) is 11.2 Å². The van der Waals surface area contributed by atoms with Gasteiger partial charge in [0.25, 0.3) is 0 Å². The summed E-state index contributed by atoms with van der Waals surface area (Å²) in [7, 11) is 0. The molecule has 0 spiro atoms. The van der Waals surface area contributed by atoms with Crippen molar-refractivity contribution in [3.63, 3.8) is 0 Å². The number of aliphatic hydroxyl groups is 1. The molecule has 4 heterocycles. The number of imidazole rings is 1. The largest absolute Gasteiger partial charge is 0.435 e. The second-order valence-electron chi connectivity index (χ2n) is 10.7. The lowest BCUT2D eigenvalue weighted by atomic mass is 9.93. The Morgan fingerprint density at radius 1 is 1.23 bits per heavy atom. The summed E-state index contributed by atoms with van der Waals surface area (Å²) in [6.07, 6.45) is 8.27. The van der Waals surface area contributed by atoms with Crippen LogP contribution in [-0.2, 0) is 10.3 Å². The van der Waals surface area contributed by atoms with E-state index in [9.17, 15) is 13.9 Å². The van der Waals surface area contributed by atoms with E-state index in [-0.39, 0.29) is 11.7 Å². The number of halogens is 2. The summed E-state index contributed by atoms with van der Waals surface area (Å²) in [6.45, 7) is 6.37. The van der Waals surface area contributed by atoms with Crippen LogP contribution in [0, 0.1) is 0 Å². The highest BCUT2D eigenvalue weighted by molar-refractivity contribution is 6.10. The Morgan fingerprint density at radius 2 is 1.97 bits per heavy atom. The summed E-state index contributed by atoms with van der Waals surface area (Å²) in [5, 5.41) is 11.3. The minimum atomic E-state index is -2.94. The summed E-state index contributed by atoms with van der Waals surface area (Å²) < 4.78 is 38.8. The molecule has 0 saturated carbocycles. The van der Waals surface area contributed by atoms with Crippen LogP contribution in [0.1, 0.15) is 61.5 Å². The zero-order valence-electron chi connectivity index (χ0n) is 22.1. The first-order chi connectivity index (χ1) is 18.8.